The van der Waals surface area contributed by atoms with E-state index in [4.69, 9.17) is 27.9 Å². The first-order valence-electron chi connectivity index (χ1n) is 12.2. The Morgan fingerprint density at radius 1 is 1.08 bits per heavy atom. The normalized spacial score (nSPS) is 18.2. The summed E-state index contributed by atoms with van der Waals surface area (Å²) >= 11 is 12.2. The molecule has 214 valence electrons. The molecule has 3 rings (SSSR count). The van der Waals surface area contributed by atoms with Gasteiger partial charge in [-0.3, -0.25) is 24.0 Å². The van der Waals surface area contributed by atoms with Gasteiger partial charge in [0, 0.05) is 18.9 Å². The van der Waals surface area contributed by atoms with E-state index in [1.807, 2.05) is 0 Å². The maximum Gasteiger partial charge on any atom is 0.433 e. The van der Waals surface area contributed by atoms with Gasteiger partial charge in [-0.1, -0.05) is 23.2 Å². The molecular weight excluding hydrogens is 564 g/mol. The Hall–Kier alpha value is -2.70. The Kier molecular flexibility index (Phi) is 9.66. The second kappa shape index (κ2) is 12.2. The molecular formula is C25H29Cl2F3N4O5. The molecule has 0 unspecified atom stereocenters. The number of amides is 1. The standard InChI is InChI=1S/C25H29Cl2F3N4O5/c1-24(2,3)39-9-8-33(13-19(35)20-17(26)11-31-12-18(20)27)22(36)16-10-32-34(21(16)25(28,29)30)15-6-4-14(5-7-15)23(37)38/h10-12,14-15H,4-9,13H2,1-3H3,(H,37,38)/t14-,15-. The average molecular weight is 593 g/mol. The molecule has 1 aliphatic carbocycles. The van der Waals surface area contributed by atoms with Crippen LogP contribution in [0, 0.1) is 5.92 Å². The number of ketones is 1. The molecule has 0 spiro atoms. The van der Waals surface area contributed by atoms with Crippen molar-refractivity contribution >= 4 is 40.9 Å². The van der Waals surface area contributed by atoms with Crippen molar-refractivity contribution in [1.82, 2.24) is 19.7 Å². The lowest BCUT2D eigenvalue weighted by Crippen LogP contribution is -2.40. The summed E-state index contributed by atoms with van der Waals surface area (Å²) < 4.78 is 49.3. The van der Waals surface area contributed by atoms with E-state index in [-0.39, 0.29) is 54.4 Å². The first-order valence-corrected chi connectivity index (χ1v) is 13.0. The number of Topliss-reactive ketones (excluding diaryl/α,β-unsaturated/α-hetero) is 1. The first kappa shape index (κ1) is 30.8. The lowest BCUT2D eigenvalue weighted by molar-refractivity contribution is -0.147. The third-order valence-corrected chi connectivity index (χ3v) is 6.91. The number of ether oxygens (including phenoxy) is 1. The van der Waals surface area contributed by atoms with Gasteiger partial charge in [0.1, 0.15) is 0 Å². The molecule has 2 aromatic heterocycles. The van der Waals surface area contributed by atoms with Crippen molar-refractivity contribution in [3.63, 3.8) is 0 Å². The number of carbonyl (C=O) groups is 3. The van der Waals surface area contributed by atoms with Crippen LogP contribution < -0.4 is 0 Å². The first-order chi connectivity index (χ1) is 18.1. The molecule has 0 radical (unpaired) electrons. The smallest absolute Gasteiger partial charge is 0.433 e. The molecule has 2 heterocycles. The Morgan fingerprint density at radius 3 is 2.18 bits per heavy atom. The SMILES string of the molecule is CC(C)(C)OCCN(CC(=O)c1c(Cl)cncc1Cl)C(=O)c1cnn([C@H]2CC[C@H](C(=O)O)CC2)c1C(F)(F)F. The van der Waals surface area contributed by atoms with E-state index in [0.717, 1.165) is 15.8 Å². The summed E-state index contributed by atoms with van der Waals surface area (Å²) in [5.41, 5.74) is -2.68. The summed E-state index contributed by atoms with van der Waals surface area (Å²) in [7, 11) is 0. The minimum absolute atomic E-state index is 0.0605. The van der Waals surface area contributed by atoms with Crippen molar-refractivity contribution in [3.8, 4) is 0 Å². The van der Waals surface area contributed by atoms with Crippen LogP contribution in [0.15, 0.2) is 18.6 Å². The lowest BCUT2D eigenvalue weighted by Gasteiger charge is -2.28. The highest BCUT2D eigenvalue weighted by atomic mass is 35.5. The molecule has 1 aliphatic rings. The van der Waals surface area contributed by atoms with Crippen molar-refractivity contribution in [2.24, 2.45) is 5.92 Å². The zero-order valence-electron chi connectivity index (χ0n) is 21.6. The van der Waals surface area contributed by atoms with Crippen LogP contribution in [0.1, 0.15) is 78.9 Å². The van der Waals surface area contributed by atoms with E-state index in [2.05, 4.69) is 10.1 Å². The van der Waals surface area contributed by atoms with Gasteiger partial charge in [-0.25, -0.2) is 0 Å². The van der Waals surface area contributed by atoms with Gasteiger partial charge in [0.15, 0.2) is 11.5 Å². The number of alkyl halides is 3. The van der Waals surface area contributed by atoms with Crippen LogP contribution in [-0.2, 0) is 15.7 Å². The van der Waals surface area contributed by atoms with Gasteiger partial charge in [0.05, 0.1) is 58.1 Å². The van der Waals surface area contributed by atoms with Gasteiger partial charge in [0.25, 0.3) is 5.91 Å². The molecule has 0 bridgehead atoms. The average Bonchev–Trinajstić information content (AvgIpc) is 3.28. The third kappa shape index (κ3) is 7.70. The summed E-state index contributed by atoms with van der Waals surface area (Å²) in [5.74, 6) is -3.39. The van der Waals surface area contributed by atoms with Crippen molar-refractivity contribution in [1.29, 1.82) is 0 Å². The molecule has 0 saturated heterocycles. The lowest BCUT2D eigenvalue weighted by atomic mass is 9.86. The number of carboxylic acids is 1. The van der Waals surface area contributed by atoms with Crippen LogP contribution in [0.2, 0.25) is 10.0 Å². The Balaban J connectivity index is 1.94. The van der Waals surface area contributed by atoms with Crippen LogP contribution >= 0.6 is 23.2 Å². The monoisotopic (exact) mass is 592 g/mol. The predicted octanol–water partition coefficient (Wildman–Crippen LogP) is 5.56. The van der Waals surface area contributed by atoms with Crippen molar-refractivity contribution < 1.29 is 37.4 Å². The van der Waals surface area contributed by atoms with Crippen molar-refractivity contribution in [2.75, 3.05) is 19.7 Å². The molecule has 0 aliphatic heterocycles. The van der Waals surface area contributed by atoms with Crippen LogP contribution in [0.4, 0.5) is 13.2 Å². The van der Waals surface area contributed by atoms with Gasteiger partial charge >= 0.3 is 12.1 Å². The number of carbonyl (C=O) groups excluding carboxylic acids is 2. The van der Waals surface area contributed by atoms with Crippen LogP contribution in [0.3, 0.4) is 0 Å². The maximum absolute atomic E-state index is 14.3. The zero-order valence-corrected chi connectivity index (χ0v) is 23.1. The summed E-state index contributed by atoms with van der Waals surface area (Å²) in [6.07, 6.45) is -1.01. The second-order valence-corrected chi connectivity index (χ2v) is 11.1. The molecule has 0 atom stereocenters. The molecule has 14 heteroatoms. The number of hydrogen-bond donors (Lipinski definition) is 1. The van der Waals surface area contributed by atoms with E-state index in [1.54, 1.807) is 20.8 Å². The molecule has 1 N–H and O–H groups in total. The fourth-order valence-electron chi connectivity index (χ4n) is 4.46. The minimum Gasteiger partial charge on any atom is -0.481 e. The number of hydrogen-bond acceptors (Lipinski definition) is 6. The maximum atomic E-state index is 14.3. The van der Waals surface area contributed by atoms with E-state index in [9.17, 15) is 32.7 Å². The number of halogens is 5. The molecule has 1 saturated carbocycles. The number of nitrogens with zero attached hydrogens (tertiary/aromatic N) is 4. The number of aromatic nitrogens is 3. The highest BCUT2D eigenvalue weighted by Gasteiger charge is 2.43. The van der Waals surface area contributed by atoms with E-state index >= 15 is 0 Å². The Bertz CT molecular complexity index is 1200. The predicted molar refractivity (Wildman–Crippen MR) is 136 cm³/mol. The molecule has 0 aromatic carbocycles. The highest BCUT2D eigenvalue weighted by molar-refractivity contribution is 6.39. The number of pyridine rings is 1. The summed E-state index contributed by atoms with van der Waals surface area (Å²) in [6, 6.07) is -0.729. The molecule has 1 amide bonds. The quantitative estimate of drug-likeness (QED) is 0.379. The van der Waals surface area contributed by atoms with Crippen LogP contribution in [0.5, 0.6) is 0 Å². The third-order valence-electron chi connectivity index (χ3n) is 6.34. The van der Waals surface area contributed by atoms with Gasteiger partial charge in [0.2, 0.25) is 0 Å². The summed E-state index contributed by atoms with van der Waals surface area (Å²) in [4.78, 5) is 42.6. The van der Waals surface area contributed by atoms with E-state index in [1.165, 1.54) is 12.4 Å². The van der Waals surface area contributed by atoms with E-state index in [0.29, 0.717) is 0 Å². The second-order valence-electron chi connectivity index (χ2n) is 10.3. The number of carboxylic acid groups (broad SMARTS) is 1. The number of rotatable bonds is 9. The van der Waals surface area contributed by atoms with Crippen molar-refractivity contribution in [3.05, 3.63) is 45.5 Å². The van der Waals surface area contributed by atoms with Gasteiger partial charge < -0.3 is 14.7 Å². The van der Waals surface area contributed by atoms with Crippen LogP contribution in [0.25, 0.3) is 0 Å². The summed E-state index contributed by atoms with van der Waals surface area (Å²) in [6.45, 7) is 4.43. The topological polar surface area (TPSA) is 115 Å². The van der Waals surface area contributed by atoms with Gasteiger partial charge in [-0.05, 0) is 46.5 Å². The minimum atomic E-state index is -4.94. The molecule has 2 aromatic rings. The highest BCUT2D eigenvalue weighted by Crippen LogP contribution is 2.39. The van der Waals surface area contributed by atoms with E-state index < -0.39 is 59.2 Å². The molecule has 39 heavy (non-hydrogen) atoms. The van der Waals surface area contributed by atoms with Crippen molar-refractivity contribution in [2.45, 2.75) is 64.3 Å². The Labute approximate surface area is 233 Å². The Morgan fingerprint density at radius 2 is 1.67 bits per heavy atom. The fourth-order valence-corrected chi connectivity index (χ4v) is 5.04. The van der Waals surface area contributed by atoms with Gasteiger partial charge in [-0.15, -0.1) is 0 Å². The van der Waals surface area contributed by atoms with Gasteiger partial charge in [-0.2, -0.15) is 18.3 Å². The van der Waals surface area contributed by atoms with Crippen LogP contribution in [-0.4, -0.2) is 67.7 Å². The zero-order chi connectivity index (χ0) is 29.1. The summed E-state index contributed by atoms with van der Waals surface area (Å²) in [5, 5.41) is 13.0. The molecule has 9 nitrogen and oxygen atoms in total. The largest absolute Gasteiger partial charge is 0.481 e. The fraction of sp³-hybridized carbons (Fsp3) is 0.560. The molecule has 1 fully saturated rings. The number of aliphatic carboxylic acids is 1.